The minimum absolute atomic E-state index is 0.121. The number of nitrogens with zero attached hydrogens (tertiary/aromatic N) is 1. The Balaban J connectivity index is 2.01. The first kappa shape index (κ1) is 12.6. The van der Waals surface area contributed by atoms with Crippen LogP contribution in [0, 0.1) is 0 Å². The SMILES string of the molecule is CCNCc1nc(OC2CCOC2)ccc1Cl. The molecule has 1 fully saturated rings. The maximum Gasteiger partial charge on any atom is 0.213 e. The third-order valence-corrected chi connectivity index (χ3v) is 2.95. The normalized spacial score (nSPS) is 19.5. The predicted octanol–water partition coefficient (Wildman–Crippen LogP) is 2.01. The van der Waals surface area contributed by atoms with Gasteiger partial charge in [0, 0.05) is 19.0 Å². The first-order valence-electron chi connectivity index (χ1n) is 5.90. The third-order valence-electron chi connectivity index (χ3n) is 2.61. The van der Waals surface area contributed by atoms with Crippen molar-refractivity contribution in [3.63, 3.8) is 0 Å². The number of rotatable bonds is 5. The average Bonchev–Trinajstić information content (AvgIpc) is 2.82. The Labute approximate surface area is 106 Å². The summed E-state index contributed by atoms with van der Waals surface area (Å²) in [7, 11) is 0. The van der Waals surface area contributed by atoms with Crippen molar-refractivity contribution in [2.45, 2.75) is 26.0 Å². The molecule has 1 N–H and O–H groups in total. The van der Waals surface area contributed by atoms with Crippen molar-refractivity contribution < 1.29 is 9.47 Å². The van der Waals surface area contributed by atoms with Crippen LogP contribution < -0.4 is 10.1 Å². The second-order valence-corrected chi connectivity index (χ2v) is 4.37. The summed E-state index contributed by atoms with van der Waals surface area (Å²) >= 11 is 6.07. The molecule has 1 aromatic heterocycles. The van der Waals surface area contributed by atoms with Crippen molar-refractivity contribution in [2.75, 3.05) is 19.8 Å². The Hall–Kier alpha value is -0.840. The lowest BCUT2D eigenvalue weighted by atomic mass is 10.3. The predicted molar refractivity (Wildman–Crippen MR) is 66.5 cm³/mol. The molecule has 2 rings (SSSR count). The van der Waals surface area contributed by atoms with Crippen LogP contribution in [-0.4, -0.2) is 30.8 Å². The van der Waals surface area contributed by atoms with Crippen molar-refractivity contribution in [3.05, 3.63) is 22.8 Å². The van der Waals surface area contributed by atoms with Crippen molar-refractivity contribution >= 4 is 11.6 Å². The standard InChI is InChI=1S/C12H17ClN2O2/c1-2-14-7-11-10(13)3-4-12(15-11)17-9-5-6-16-8-9/h3-4,9,14H,2,5-8H2,1H3. The Kier molecular flexibility index (Phi) is 4.59. The Morgan fingerprint density at radius 1 is 1.59 bits per heavy atom. The van der Waals surface area contributed by atoms with Gasteiger partial charge in [0.25, 0.3) is 0 Å². The van der Waals surface area contributed by atoms with Gasteiger partial charge < -0.3 is 14.8 Å². The summed E-state index contributed by atoms with van der Waals surface area (Å²) in [6.07, 6.45) is 1.04. The third kappa shape index (κ3) is 3.56. The van der Waals surface area contributed by atoms with Gasteiger partial charge in [-0.2, -0.15) is 0 Å². The summed E-state index contributed by atoms with van der Waals surface area (Å²) in [6.45, 7) is 5.01. The molecular formula is C12H17ClN2O2. The lowest BCUT2D eigenvalue weighted by Crippen LogP contribution is -2.18. The van der Waals surface area contributed by atoms with Gasteiger partial charge in [-0.1, -0.05) is 18.5 Å². The van der Waals surface area contributed by atoms with E-state index in [0.29, 0.717) is 24.1 Å². The first-order chi connectivity index (χ1) is 8.29. The number of hydrogen-bond acceptors (Lipinski definition) is 4. The molecule has 94 valence electrons. The van der Waals surface area contributed by atoms with Crippen molar-refractivity contribution in [1.82, 2.24) is 10.3 Å². The minimum Gasteiger partial charge on any atom is -0.472 e. The molecule has 17 heavy (non-hydrogen) atoms. The van der Waals surface area contributed by atoms with Gasteiger partial charge in [0.15, 0.2) is 0 Å². The topological polar surface area (TPSA) is 43.4 Å². The second-order valence-electron chi connectivity index (χ2n) is 3.96. The highest BCUT2D eigenvalue weighted by Gasteiger charge is 2.18. The van der Waals surface area contributed by atoms with E-state index in [2.05, 4.69) is 10.3 Å². The average molecular weight is 257 g/mol. The molecular weight excluding hydrogens is 240 g/mol. The van der Waals surface area contributed by atoms with Crippen LogP contribution in [-0.2, 0) is 11.3 Å². The molecule has 5 heteroatoms. The van der Waals surface area contributed by atoms with E-state index in [1.54, 1.807) is 6.07 Å². The van der Waals surface area contributed by atoms with Crippen LogP contribution in [0.4, 0.5) is 0 Å². The molecule has 0 aromatic carbocycles. The van der Waals surface area contributed by atoms with E-state index in [4.69, 9.17) is 21.1 Å². The van der Waals surface area contributed by atoms with E-state index in [0.717, 1.165) is 25.3 Å². The molecule has 0 aliphatic carbocycles. The zero-order chi connectivity index (χ0) is 12.1. The maximum atomic E-state index is 6.07. The van der Waals surface area contributed by atoms with Gasteiger partial charge in [-0.25, -0.2) is 4.98 Å². The van der Waals surface area contributed by atoms with Gasteiger partial charge in [0.05, 0.1) is 23.9 Å². The highest BCUT2D eigenvalue weighted by molar-refractivity contribution is 6.31. The maximum absolute atomic E-state index is 6.07. The van der Waals surface area contributed by atoms with Crippen LogP contribution in [0.25, 0.3) is 0 Å². The molecule has 1 saturated heterocycles. The van der Waals surface area contributed by atoms with Gasteiger partial charge in [-0.05, 0) is 12.6 Å². The number of aromatic nitrogens is 1. The number of halogens is 1. The smallest absolute Gasteiger partial charge is 0.213 e. The molecule has 1 aliphatic rings. The zero-order valence-corrected chi connectivity index (χ0v) is 10.7. The van der Waals surface area contributed by atoms with E-state index in [9.17, 15) is 0 Å². The van der Waals surface area contributed by atoms with Crippen molar-refractivity contribution in [2.24, 2.45) is 0 Å². The summed E-state index contributed by atoms with van der Waals surface area (Å²) in [5, 5.41) is 3.87. The number of pyridine rings is 1. The number of hydrogen-bond donors (Lipinski definition) is 1. The summed E-state index contributed by atoms with van der Waals surface area (Å²) in [5.74, 6) is 0.623. The van der Waals surface area contributed by atoms with Gasteiger partial charge >= 0.3 is 0 Å². The highest BCUT2D eigenvalue weighted by Crippen LogP contribution is 2.20. The molecule has 0 saturated carbocycles. The summed E-state index contributed by atoms with van der Waals surface area (Å²) in [6, 6.07) is 3.63. The molecule has 0 spiro atoms. The van der Waals surface area contributed by atoms with Crippen LogP contribution in [0.3, 0.4) is 0 Å². The molecule has 1 unspecified atom stereocenters. The first-order valence-corrected chi connectivity index (χ1v) is 6.28. The zero-order valence-electron chi connectivity index (χ0n) is 9.91. The van der Waals surface area contributed by atoms with E-state index >= 15 is 0 Å². The lowest BCUT2D eigenvalue weighted by molar-refractivity contribution is 0.138. The van der Waals surface area contributed by atoms with Crippen LogP contribution in [0.15, 0.2) is 12.1 Å². The van der Waals surface area contributed by atoms with Crippen LogP contribution >= 0.6 is 11.6 Å². The monoisotopic (exact) mass is 256 g/mol. The molecule has 1 aromatic rings. The fourth-order valence-corrected chi connectivity index (χ4v) is 1.85. The Morgan fingerprint density at radius 2 is 2.47 bits per heavy atom. The van der Waals surface area contributed by atoms with Gasteiger partial charge in [-0.15, -0.1) is 0 Å². The minimum atomic E-state index is 0.121. The summed E-state index contributed by atoms with van der Waals surface area (Å²) < 4.78 is 11.0. The highest BCUT2D eigenvalue weighted by atomic mass is 35.5. The van der Waals surface area contributed by atoms with E-state index < -0.39 is 0 Å². The molecule has 0 bridgehead atoms. The Morgan fingerprint density at radius 3 is 3.18 bits per heavy atom. The fraction of sp³-hybridized carbons (Fsp3) is 0.583. The van der Waals surface area contributed by atoms with Crippen LogP contribution in [0.5, 0.6) is 5.88 Å². The largest absolute Gasteiger partial charge is 0.472 e. The van der Waals surface area contributed by atoms with Crippen molar-refractivity contribution in [1.29, 1.82) is 0 Å². The van der Waals surface area contributed by atoms with Crippen molar-refractivity contribution in [3.8, 4) is 5.88 Å². The number of nitrogens with one attached hydrogen (secondary N) is 1. The molecule has 4 nitrogen and oxygen atoms in total. The molecule has 1 aliphatic heterocycles. The fourth-order valence-electron chi connectivity index (χ4n) is 1.67. The summed E-state index contributed by atoms with van der Waals surface area (Å²) in [4.78, 5) is 4.40. The quantitative estimate of drug-likeness (QED) is 0.875. The molecule has 0 amide bonds. The lowest BCUT2D eigenvalue weighted by Gasteiger charge is -2.12. The molecule has 1 atom stereocenters. The molecule has 2 heterocycles. The van der Waals surface area contributed by atoms with Gasteiger partial charge in [-0.3, -0.25) is 0 Å². The molecule has 0 radical (unpaired) electrons. The van der Waals surface area contributed by atoms with E-state index in [-0.39, 0.29) is 6.10 Å². The van der Waals surface area contributed by atoms with Crippen LogP contribution in [0.1, 0.15) is 19.0 Å². The Bertz CT molecular complexity index is 368. The second kappa shape index (κ2) is 6.19. The van der Waals surface area contributed by atoms with E-state index in [1.165, 1.54) is 0 Å². The van der Waals surface area contributed by atoms with E-state index in [1.807, 2.05) is 13.0 Å². The van der Waals surface area contributed by atoms with Crippen LogP contribution in [0.2, 0.25) is 5.02 Å². The van der Waals surface area contributed by atoms with Gasteiger partial charge in [0.1, 0.15) is 6.10 Å². The number of ether oxygens (including phenoxy) is 2. The summed E-state index contributed by atoms with van der Waals surface area (Å²) in [5.41, 5.74) is 0.824. The van der Waals surface area contributed by atoms with Gasteiger partial charge in [0.2, 0.25) is 5.88 Å².